The van der Waals surface area contributed by atoms with Crippen molar-refractivity contribution in [1.82, 2.24) is 4.90 Å². The molecule has 19 heavy (non-hydrogen) atoms. The standard InChI is InChI=1S/C15H20N2O2/c1-17(15(18)12-5-6-13(16)9-12)10-11-3-7-14(19-2)8-4-11/h3-8,12-13H,9-10,16H2,1-2H3. The lowest BCUT2D eigenvalue weighted by Crippen LogP contribution is -2.32. The minimum Gasteiger partial charge on any atom is -0.497 e. The number of amides is 1. The van der Waals surface area contributed by atoms with Crippen LogP contribution in [0.1, 0.15) is 12.0 Å². The largest absolute Gasteiger partial charge is 0.497 e. The Morgan fingerprint density at radius 3 is 2.58 bits per heavy atom. The van der Waals surface area contributed by atoms with Crippen LogP contribution < -0.4 is 10.5 Å². The van der Waals surface area contributed by atoms with Crippen LogP contribution in [0.25, 0.3) is 0 Å². The Balaban J connectivity index is 1.94. The van der Waals surface area contributed by atoms with Crippen LogP contribution in [0.2, 0.25) is 0 Å². The van der Waals surface area contributed by atoms with Gasteiger partial charge in [0.05, 0.1) is 13.0 Å². The Labute approximate surface area is 113 Å². The van der Waals surface area contributed by atoms with Gasteiger partial charge in [-0.2, -0.15) is 0 Å². The summed E-state index contributed by atoms with van der Waals surface area (Å²) in [6.07, 6.45) is 4.53. The lowest BCUT2D eigenvalue weighted by atomic mass is 10.1. The van der Waals surface area contributed by atoms with Crippen molar-refractivity contribution in [1.29, 1.82) is 0 Å². The number of hydrogen-bond acceptors (Lipinski definition) is 3. The Morgan fingerprint density at radius 1 is 1.37 bits per heavy atom. The number of ether oxygens (including phenoxy) is 1. The van der Waals surface area contributed by atoms with Crippen molar-refractivity contribution in [3.8, 4) is 5.75 Å². The van der Waals surface area contributed by atoms with E-state index in [1.165, 1.54) is 0 Å². The van der Waals surface area contributed by atoms with Crippen LogP contribution in [0.3, 0.4) is 0 Å². The minimum absolute atomic E-state index is 0.0170. The molecule has 2 N–H and O–H groups in total. The summed E-state index contributed by atoms with van der Waals surface area (Å²) in [4.78, 5) is 14.0. The van der Waals surface area contributed by atoms with E-state index in [9.17, 15) is 4.79 Å². The van der Waals surface area contributed by atoms with Gasteiger partial charge in [-0.15, -0.1) is 0 Å². The third-order valence-electron chi connectivity index (χ3n) is 3.39. The van der Waals surface area contributed by atoms with Gasteiger partial charge in [-0.25, -0.2) is 0 Å². The molecule has 0 bridgehead atoms. The number of rotatable bonds is 4. The molecule has 1 aromatic carbocycles. The average molecular weight is 260 g/mol. The van der Waals surface area contributed by atoms with E-state index in [4.69, 9.17) is 10.5 Å². The molecular formula is C15H20N2O2. The molecule has 1 aliphatic carbocycles. The van der Waals surface area contributed by atoms with Crippen LogP contribution in [0.4, 0.5) is 0 Å². The summed E-state index contributed by atoms with van der Waals surface area (Å²) in [5, 5.41) is 0. The monoisotopic (exact) mass is 260 g/mol. The summed E-state index contributed by atoms with van der Waals surface area (Å²) in [6, 6.07) is 7.76. The predicted molar refractivity (Wildman–Crippen MR) is 74.7 cm³/mol. The topological polar surface area (TPSA) is 55.6 Å². The summed E-state index contributed by atoms with van der Waals surface area (Å²) >= 11 is 0. The molecular weight excluding hydrogens is 240 g/mol. The molecule has 0 saturated heterocycles. The second-order valence-corrected chi connectivity index (χ2v) is 4.93. The van der Waals surface area contributed by atoms with E-state index in [1.807, 2.05) is 43.5 Å². The summed E-state index contributed by atoms with van der Waals surface area (Å²) in [6.45, 7) is 0.600. The average Bonchev–Trinajstić information content (AvgIpc) is 2.85. The number of hydrogen-bond donors (Lipinski definition) is 1. The first-order valence-corrected chi connectivity index (χ1v) is 6.42. The van der Waals surface area contributed by atoms with Gasteiger partial charge in [-0.1, -0.05) is 24.3 Å². The van der Waals surface area contributed by atoms with E-state index >= 15 is 0 Å². The highest BCUT2D eigenvalue weighted by Crippen LogP contribution is 2.20. The maximum atomic E-state index is 12.2. The number of nitrogens with zero attached hydrogens (tertiary/aromatic N) is 1. The van der Waals surface area contributed by atoms with Crippen LogP contribution in [-0.4, -0.2) is 31.0 Å². The smallest absolute Gasteiger partial charge is 0.229 e. The van der Waals surface area contributed by atoms with Crippen molar-refractivity contribution in [2.75, 3.05) is 14.2 Å². The quantitative estimate of drug-likeness (QED) is 0.836. The Hall–Kier alpha value is -1.81. The number of benzene rings is 1. The van der Waals surface area contributed by atoms with Gasteiger partial charge in [0.25, 0.3) is 0 Å². The lowest BCUT2D eigenvalue weighted by molar-refractivity contribution is -0.133. The molecule has 0 heterocycles. The first-order chi connectivity index (χ1) is 9.10. The van der Waals surface area contributed by atoms with Crippen LogP contribution in [-0.2, 0) is 11.3 Å². The number of carbonyl (C=O) groups excluding carboxylic acids is 1. The highest BCUT2D eigenvalue weighted by atomic mass is 16.5. The lowest BCUT2D eigenvalue weighted by Gasteiger charge is -2.21. The van der Waals surface area contributed by atoms with Gasteiger partial charge in [-0.3, -0.25) is 4.79 Å². The van der Waals surface area contributed by atoms with Crippen LogP contribution in [0.5, 0.6) is 5.75 Å². The summed E-state index contributed by atoms with van der Waals surface area (Å²) in [7, 11) is 3.46. The molecule has 0 aliphatic heterocycles. The second kappa shape index (κ2) is 5.89. The maximum absolute atomic E-state index is 12.2. The molecule has 1 aromatic rings. The van der Waals surface area contributed by atoms with Gasteiger partial charge in [-0.05, 0) is 24.1 Å². The fraction of sp³-hybridized carbons (Fsp3) is 0.400. The third-order valence-corrected chi connectivity index (χ3v) is 3.39. The van der Waals surface area contributed by atoms with Crippen LogP contribution in [0, 0.1) is 5.92 Å². The zero-order chi connectivity index (χ0) is 13.8. The maximum Gasteiger partial charge on any atom is 0.229 e. The van der Waals surface area contributed by atoms with Gasteiger partial charge in [0.15, 0.2) is 0 Å². The van der Waals surface area contributed by atoms with E-state index in [0.29, 0.717) is 13.0 Å². The number of nitrogens with two attached hydrogens (primary N) is 1. The highest BCUT2D eigenvalue weighted by Gasteiger charge is 2.25. The molecule has 4 heteroatoms. The van der Waals surface area contributed by atoms with E-state index in [1.54, 1.807) is 12.0 Å². The number of carbonyl (C=O) groups is 1. The van der Waals surface area contributed by atoms with Crippen molar-refractivity contribution in [3.63, 3.8) is 0 Å². The summed E-state index contributed by atoms with van der Waals surface area (Å²) in [5.74, 6) is 0.876. The summed E-state index contributed by atoms with van der Waals surface area (Å²) < 4.78 is 5.11. The molecule has 4 nitrogen and oxygen atoms in total. The second-order valence-electron chi connectivity index (χ2n) is 4.93. The van der Waals surface area contributed by atoms with E-state index in [-0.39, 0.29) is 17.9 Å². The zero-order valence-electron chi connectivity index (χ0n) is 11.4. The van der Waals surface area contributed by atoms with Crippen molar-refractivity contribution < 1.29 is 9.53 Å². The predicted octanol–water partition coefficient (Wildman–Crippen LogP) is 1.56. The molecule has 1 amide bonds. The minimum atomic E-state index is -0.0711. The Kier molecular flexibility index (Phi) is 4.22. The molecule has 0 spiro atoms. The van der Waals surface area contributed by atoms with E-state index in [2.05, 4.69) is 0 Å². The third kappa shape index (κ3) is 3.35. The molecule has 2 rings (SSSR count). The van der Waals surface area contributed by atoms with Crippen LogP contribution >= 0.6 is 0 Å². The van der Waals surface area contributed by atoms with Crippen molar-refractivity contribution in [3.05, 3.63) is 42.0 Å². The molecule has 1 aliphatic rings. The van der Waals surface area contributed by atoms with Crippen molar-refractivity contribution in [2.24, 2.45) is 11.7 Å². The van der Waals surface area contributed by atoms with E-state index < -0.39 is 0 Å². The van der Waals surface area contributed by atoms with Crippen molar-refractivity contribution in [2.45, 2.75) is 19.0 Å². The first-order valence-electron chi connectivity index (χ1n) is 6.42. The molecule has 0 saturated carbocycles. The fourth-order valence-corrected chi connectivity index (χ4v) is 2.28. The molecule has 0 radical (unpaired) electrons. The SMILES string of the molecule is COc1ccc(CN(C)C(=O)C2C=CC(N)C2)cc1. The number of methoxy groups -OCH3 is 1. The van der Waals surface area contributed by atoms with Gasteiger partial charge in [0.1, 0.15) is 5.75 Å². The molecule has 0 fully saturated rings. The highest BCUT2D eigenvalue weighted by molar-refractivity contribution is 5.81. The van der Waals surface area contributed by atoms with Gasteiger partial charge >= 0.3 is 0 Å². The van der Waals surface area contributed by atoms with Gasteiger partial charge in [0.2, 0.25) is 5.91 Å². The van der Waals surface area contributed by atoms with Crippen LogP contribution in [0.15, 0.2) is 36.4 Å². The Bertz CT molecular complexity index is 468. The van der Waals surface area contributed by atoms with Gasteiger partial charge in [0, 0.05) is 19.6 Å². The fourth-order valence-electron chi connectivity index (χ4n) is 2.28. The van der Waals surface area contributed by atoms with E-state index in [0.717, 1.165) is 11.3 Å². The molecule has 102 valence electrons. The molecule has 2 atom stereocenters. The first kappa shape index (κ1) is 13.6. The summed E-state index contributed by atoms with van der Waals surface area (Å²) in [5.41, 5.74) is 6.86. The van der Waals surface area contributed by atoms with Gasteiger partial charge < -0.3 is 15.4 Å². The Morgan fingerprint density at radius 2 is 2.05 bits per heavy atom. The van der Waals surface area contributed by atoms with Crippen molar-refractivity contribution >= 4 is 5.91 Å². The molecule has 2 unspecified atom stereocenters. The molecule has 0 aromatic heterocycles. The normalized spacial score (nSPS) is 21.4. The zero-order valence-corrected chi connectivity index (χ0v) is 11.4.